The first-order chi connectivity index (χ1) is 8.99. The van der Waals surface area contributed by atoms with E-state index in [4.69, 9.17) is 0 Å². The fourth-order valence-corrected chi connectivity index (χ4v) is 2.54. The molecule has 1 heteroatoms. The van der Waals surface area contributed by atoms with Gasteiger partial charge < -0.3 is 4.90 Å². The lowest BCUT2D eigenvalue weighted by Gasteiger charge is -2.31. The van der Waals surface area contributed by atoms with E-state index < -0.39 is 0 Å². The van der Waals surface area contributed by atoms with Gasteiger partial charge in [0.05, 0.1) is 0 Å². The van der Waals surface area contributed by atoms with Gasteiger partial charge in [0.25, 0.3) is 0 Å². The van der Waals surface area contributed by atoms with Crippen LogP contribution in [0.25, 0.3) is 0 Å². The summed E-state index contributed by atoms with van der Waals surface area (Å²) in [5, 5.41) is 0. The van der Waals surface area contributed by atoms with Crippen molar-refractivity contribution in [3.05, 3.63) is 35.4 Å². The standard InChI is InChI=1S/C19H33N/c1-15(20(8)14-18(2,3)4)13-16-9-11-17(12-10-16)19(5,6)7/h9-12,15H,13-14H2,1-8H3. The van der Waals surface area contributed by atoms with Crippen LogP contribution in [0.1, 0.15) is 59.6 Å². The highest BCUT2D eigenvalue weighted by Gasteiger charge is 2.18. The van der Waals surface area contributed by atoms with Crippen molar-refractivity contribution in [2.24, 2.45) is 5.41 Å². The zero-order valence-electron chi connectivity index (χ0n) is 14.7. The van der Waals surface area contributed by atoms with Crippen LogP contribution in [0, 0.1) is 5.41 Å². The maximum atomic E-state index is 2.47. The van der Waals surface area contributed by atoms with Gasteiger partial charge in [0.1, 0.15) is 0 Å². The third-order valence-corrected chi connectivity index (χ3v) is 3.83. The van der Waals surface area contributed by atoms with Gasteiger partial charge in [-0.3, -0.25) is 0 Å². The molecule has 0 N–H and O–H groups in total. The van der Waals surface area contributed by atoms with Gasteiger partial charge in [0.15, 0.2) is 0 Å². The van der Waals surface area contributed by atoms with Gasteiger partial charge in [0, 0.05) is 12.6 Å². The summed E-state index contributed by atoms with van der Waals surface area (Å²) < 4.78 is 0. The number of hydrogen-bond donors (Lipinski definition) is 0. The molecule has 0 amide bonds. The van der Waals surface area contributed by atoms with Gasteiger partial charge in [-0.15, -0.1) is 0 Å². The second-order valence-electron chi connectivity index (χ2n) is 8.48. The van der Waals surface area contributed by atoms with Gasteiger partial charge in [-0.25, -0.2) is 0 Å². The summed E-state index contributed by atoms with van der Waals surface area (Å²) >= 11 is 0. The average molecular weight is 275 g/mol. The van der Waals surface area contributed by atoms with Crippen molar-refractivity contribution in [1.82, 2.24) is 4.90 Å². The minimum Gasteiger partial charge on any atom is -0.303 e. The van der Waals surface area contributed by atoms with Crippen molar-refractivity contribution >= 4 is 0 Å². The molecule has 114 valence electrons. The molecule has 1 rings (SSSR count). The van der Waals surface area contributed by atoms with E-state index in [1.165, 1.54) is 11.1 Å². The van der Waals surface area contributed by atoms with Crippen molar-refractivity contribution < 1.29 is 0 Å². The Labute approximate surface area is 126 Å². The van der Waals surface area contributed by atoms with Crippen LogP contribution in [0.4, 0.5) is 0 Å². The zero-order chi connectivity index (χ0) is 15.6. The average Bonchev–Trinajstić information content (AvgIpc) is 2.26. The first-order valence-electron chi connectivity index (χ1n) is 7.79. The van der Waals surface area contributed by atoms with Crippen LogP contribution < -0.4 is 0 Å². The van der Waals surface area contributed by atoms with Crippen LogP contribution in [-0.2, 0) is 11.8 Å². The molecule has 0 aliphatic heterocycles. The fraction of sp³-hybridized carbons (Fsp3) is 0.684. The molecule has 0 aromatic heterocycles. The molecule has 1 atom stereocenters. The SMILES string of the molecule is CC(Cc1ccc(C(C)(C)C)cc1)N(C)CC(C)(C)C. The maximum absolute atomic E-state index is 2.47. The Balaban J connectivity index is 2.65. The number of nitrogens with zero attached hydrogens (tertiary/aromatic N) is 1. The van der Waals surface area contributed by atoms with Crippen molar-refractivity contribution in [1.29, 1.82) is 0 Å². The van der Waals surface area contributed by atoms with Crippen LogP contribution in [0.2, 0.25) is 0 Å². The Bertz CT molecular complexity index is 403. The molecule has 0 radical (unpaired) electrons. The number of likely N-dealkylation sites (N-methyl/N-ethyl adjacent to an activating group) is 1. The molecule has 20 heavy (non-hydrogen) atoms. The van der Waals surface area contributed by atoms with E-state index in [1.54, 1.807) is 0 Å². The molecule has 0 aliphatic carbocycles. The largest absolute Gasteiger partial charge is 0.303 e. The molecule has 0 fully saturated rings. The van der Waals surface area contributed by atoms with Gasteiger partial charge in [-0.05, 0) is 42.3 Å². The number of benzene rings is 1. The molecule has 1 nitrogen and oxygen atoms in total. The van der Waals surface area contributed by atoms with Crippen LogP contribution >= 0.6 is 0 Å². The molecular formula is C19H33N. The molecule has 1 aromatic rings. The second-order valence-corrected chi connectivity index (χ2v) is 8.48. The molecule has 0 bridgehead atoms. The van der Waals surface area contributed by atoms with E-state index in [2.05, 4.69) is 84.7 Å². The highest BCUT2D eigenvalue weighted by Crippen LogP contribution is 2.23. The monoisotopic (exact) mass is 275 g/mol. The van der Waals surface area contributed by atoms with Gasteiger partial charge in [0.2, 0.25) is 0 Å². The molecule has 0 spiro atoms. The predicted octanol–water partition coefficient (Wildman–Crippen LogP) is 4.89. The number of rotatable bonds is 4. The topological polar surface area (TPSA) is 3.24 Å². The van der Waals surface area contributed by atoms with Crippen LogP contribution in [0.15, 0.2) is 24.3 Å². The lowest BCUT2D eigenvalue weighted by molar-refractivity contribution is 0.180. The van der Waals surface area contributed by atoms with Gasteiger partial charge in [-0.2, -0.15) is 0 Å². The van der Waals surface area contributed by atoms with E-state index in [9.17, 15) is 0 Å². The summed E-state index contributed by atoms with van der Waals surface area (Å²) in [6, 6.07) is 9.73. The fourth-order valence-electron chi connectivity index (χ4n) is 2.54. The first kappa shape index (κ1) is 17.2. The van der Waals surface area contributed by atoms with E-state index in [0.29, 0.717) is 11.5 Å². The van der Waals surface area contributed by atoms with E-state index in [0.717, 1.165) is 13.0 Å². The van der Waals surface area contributed by atoms with Crippen LogP contribution in [0.3, 0.4) is 0 Å². The summed E-state index contributed by atoms with van der Waals surface area (Å²) in [6.07, 6.45) is 1.12. The Morgan fingerprint density at radius 1 is 0.950 bits per heavy atom. The summed E-state index contributed by atoms with van der Waals surface area (Å²) in [6.45, 7) is 17.2. The molecule has 0 saturated carbocycles. The van der Waals surface area contributed by atoms with E-state index >= 15 is 0 Å². The van der Waals surface area contributed by atoms with Crippen molar-refractivity contribution in [3.63, 3.8) is 0 Å². The van der Waals surface area contributed by atoms with Crippen molar-refractivity contribution in [2.45, 2.75) is 66.3 Å². The Hall–Kier alpha value is -0.820. The molecule has 0 saturated heterocycles. The zero-order valence-corrected chi connectivity index (χ0v) is 14.7. The quantitative estimate of drug-likeness (QED) is 0.756. The van der Waals surface area contributed by atoms with Crippen LogP contribution in [0.5, 0.6) is 0 Å². The summed E-state index contributed by atoms with van der Waals surface area (Å²) in [5.74, 6) is 0. The van der Waals surface area contributed by atoms with Gasteiger partial charge >= 0.3 is 0 Å². The van der Waals surface area contributed by atoms with Crippen LogP contribution in [-0.4, -0.2) is 24.5 Å². The maximum Gasteiger partial charge on any atom is 0.0104 e. The lowest BCUT2D eigenvalue weighted by atomic mass is 9.86. The third-order valence-electron chi connectivity index (χ3n) is 3.83. The van der Waals surface area contributed by atoms with E-state index in [-0.39, 0.29) is 5.41 Å². The highest BCUT2D eigenvalue weighted by atomic mass is 15.1. The summed E-state index contributed by atoms with van der Waals surface area (Å²) in [7, 11) is 2.24. The van der Waals surface area contributed by atoms with Gasteiger partial charge in [-0.1, -0.05) is 65.8 Å². The molecule has 0 aliphatic rings. The minimum absolute atomic E-state index is 0.243. The third kappa shape index (κ3) is 5.66. The summed E-state index contributed by atoms with van der Waals surface area (Å²) in [4.78, 5) is 2.47. The highest BCUT2D eigenvalue weighted by molar-refractivity contribution is 5.27. The molecular weight excluding hydrogens is 242 g/mol. The smallest absolute Gasteiger partial charge is 0.0104 e. The molecule has 0 heterocycles. The minimum atomic E-state index is 0.243. The first-order valence-corrected chi connectivity index (χ1v) is 7.79. The normalized spacial score (nSPS) is 14.7. The Morgan fingerprint density at radius 3 is 1.85 bits per heavy atom. The second kappa shape index (κ2) is 6.30. The van der Waals surface area contributed by atoms with E-state index in [1.807, 2.05) is 0 Å². The summed E-state index contributed by atoms with van der Waals surface area (Å²) in [5.41, 5.74) is 3.45. The number of hydrogen-bond acceptors (Lipinski definition) is 1. The predicted molar refractivity (Wildman–Crippen MR) is 90.4 cm³/mol. The van der Waals surface area contributed by atoms with Crippen molar-refractivity contribution in [2.75, 3.05) is 13.6 Å². The Kier molecular flexibility index (Phi) is 5.43. The lowest BCUT2D eigenvalue weighted by Crippen LogP contribution is -2.37. The molecule has 1 unspecified atom stereocenters. The molecule has 1 aromatic carbocycles. The van der Waals surface area contributed by atoms with Crippen molar-refractivity contribution in [3.8, 4) is 0 Å². The Morgan fingerprint density at radius 2 is 1.45 bits per heavy atom.